The highest BCUT2D eigenvalue weighted by Crippen LogP contribution is 2.36. The molecule has 0 amide bonds. The fourth-order valence-electron chi connectivity index (χ4n) is 2.29. The van der Waals surface area contributed by atoms with E-state index in [0.29, 0.717) is 4.90 Å². The van der Waals surface area contributed by atoms with Crippen LogP contribution >= 0.6 is 11.8 Å². The molecule has 3 aromatic carbocycles. The van der Waals surface area contributed by atoms with Gasteiger partial charge in [-0.15, -0.1) is 0 Å². The smallest absolute Gasteiger partial charge is 0.175 e. The molecular weight excluding hydrogens is 324 g/mol. The minimum atomic E-state index is -3.15. The van der Waals surface area contributed by atoms with E-state index in [1.807, 2.05) is 42.5 Å². The Morgan fingerprint density at radius 3 is 2.00 bits per heavy atom. The van der Waals surface area contributed by atoms with Crippen LogP contribution in [0.4, 0.5) is 0 Å². The van der Waals surface area contributed by atoms with Crippen molar-refractivity contribution in [1.82, 2.24) is 0 Å². The topological polar surface area (TPSA) is 34.1 Å². The van der Waals surface area contributed by atoms with E-state index in [1.165, 1.54) is 17.4 Å². The zero-order chi connectivity index (χ0) is 16.3. The summed E-state index contributed by atoms with van der Waals surface area (Å²) in [5, 5.41) is 0. The monoisotopic (exact) mass is 340 g/mol. The molecule has 0 heterocycles. The zero-order valence-corrected chi connectivity index (χ0v) is 14.3. The Bertz CT molecular complexity index is 900. The molecule has 0 atom stereocenters. The van der Waals surface area contributed by atoms with Crippen LogP contribution in [0.5, 0.6) is 0 Å². The molecule has 0 aliphatic carbocycles. The van der Waals surface area contributed by atoms with Crippen LogP contribution in [0.3, 0.4) is 0 Å². The Morgan fingerprint density at radius 2 is 1.35 bits per heavy atom. The van der Waals surface area contributed by atoms with Gasteiger partial charge >= 0.3 is 0 Å². The number of benzene rings is 3. The van der Waals surface area contributed by atoms with Crippen molar-refractivity contribution in [2.75, 3.05) is 6.26 Å². The molecule has 23 heavy (non-hydrogen) atoms. The first-order valence-electron chi connectivity index (χ1n) is 7.16. The average molecular weight is 340 g/mol. The molecule has 3 aromatic rings. The van der Waals surface area contributed by atoms with Crippen LogP contribution in [0, 0.1) is 0 Å². The summed E-state index contributed by atoms with van der Waals surface area (Å²) in [6.07, 6.45) is 1.22. The lowest BCUT2D eigenvalue weighted by atomic mass is 10.1. The SMILES string of the molecule is CS(=O)(=O)c1ccc(Sc2ccccc2-c2ccccc2)cc1. The summed E-state index contributed by atoms with van der Waals surface area (Å²) in [7, 11) is -3.15. The Balaban J connectivity index is 1.92. The van der Waals surface area contributed by atoms with Gasteiger partial charge in [0.1, 0.15) is 0 Å². The second-order valence-electron chi connectivity index (χ2n) is 5.21. The van der Waals surface area contributed by atoms with E-state index in [1.54, 1.807) is 23.9 Å². The third-order valence-electron chi connectivity index (χ3n) is 3.45. The van der Waals surface area contributed by atoms with Gasteiger partial charge in [0.2, 0.25) is 0 Å². The van der Waals surface area contributed by atoms with Crippen LogP contribution in [-0.2, 0) is 9.84 Å². The largest absolute Gasteiger partial charge is 0.224 e. The van der Waals surface area contributed by atoms with E-state index in [2.05, 4.69) is 24.3 Å². The van der Waals surface area contributed by atoms with Crippen molar-refractivity contribution in [3.05, 3.63) is 78.9 Å². The maximum atomic E-state index is 11.5. The minimum absolute atomic E-state index is 0.346. The van der Waals surface area contributed by atoms with Crippen molar-refractivity contribution in [2.45, 2.75) is 14.7 Å². The molecule has 0 spiro atoms. The lowest BCUT2D eigenvalue weighted by molar-refractivity contribution is 0.602. The summed E-state index contributed by atoms with van der Waals surface area (Å²) in [6.45, 7) is 0. The van der Waals surface area contributed by atoms with Crippen molar-refractivity contribution in [3.8, 4) is 11.1 Å². The average Bonchev–Trinajstić information content (AvgIpc) is 2.56. The molecule has 0 saturated carbocycles. The highest BCUT2D eigenvalue weighted by atomic mass is 32.2. The van der Waals surface area contributed by atoms with Gasteiger partial charge in [-0.3, -0.25) is 0 Å². The van der Waals surface area contributed by atoms with Crippen LogP contribution in [0.25, 0.3) is 11.1 Å². The summed E-state index contributed by atoms with van der Waals surface area (Å²) in [6, 6.07) is 25.5. The minimum Gasteiger partial charge on any atom is -0.224 e. The molecule has 0 aliphatic heterocycles. The Morgan fingerprint density at radius 1 is 0.739 bits per heavy atom. The first-order valence-corrected chi connectivity index (χ1v) is 9.87. The molecule has 116 valence electrons. The second kappa shape index (κ2) is 6.60. The van der Waals surface area contributed by atoms with Crippen molar-refractivity contribution < 1.29 is 8.42 Å². The van der Waals surface area contributed by atoms with Crippen LogP contribution in [0.15, 0.2) is 93.5 Å². The van der Waals surface area contributed by atoms with E-state index in [-0.39, 0.29) is 0 Å². The van der Waals surface area contributed by atoms with Crippen LogP contribution in [-0.4, -0.2) is 14.7 Å². The predicted octanol–water partition coefficient (Wildman–Crippen LogP) is 4.91. The number of rotatable bonds is 4. The lowest BCUT2D eigenvalue weighted by Gasteiger charge is -2.09. The van der Waals surface area contributed by atoms with E-state index in [4.69, 9.17) is 0 Å². The molecular formula is C19H16O2S2. The Kier molecular flexibility index (Phi) is 4.55. The molecule has 0 radical (unpaired) electrons. The van der Waals surface area contributed by atoms with Crippen molar-refractivity contribution >= 4 is 21.6 Å². The van der Waals surface area contributed by atoms with Crippen molar-refractivity contribution in [1.29, 1.82) is 0 Å². The van der Waals surface area contributed by atoms with E-state index in [9.17, 15) is 8.42 Å². The molecule has 2 nitrogen and oxygen atoms in total. The number of hydrogen-bond acceptors (Lipinski definition) is 3. The highest BCUT2D eigenvalue weighted by Gasteiger charge is 2.09. The third-order valence-corrected chi connectivity index (χ3v) is 5.66. The summed E-state index contributed by atoms with van der Waals surface area (Å²) in [4.78, 5) is 2.50. The normalized spacial score (nSPS) is 11.3. The van der Waals surface area contributed by atoms with Gasteiger partial charge in [-0.05, 0) is 41.5 Å². The number of sulfone groups is 1. The Hall–Kier alpha value is -2.04. The van der Waals surface area contributed by atoms with E-state index >= 15 is 0 Å². The van der Waals surface area contributed by atoms with E-state index < -0.39 is 9.84 Å². The molecule has 0 aliphatic rings. The quantitative estimate of drug-likeness (QED) is 0.677. The molecule has 0 aromatic heterocycles. The lowest BCUT2D eigenvalue weighted by Crippen LogP contribution is -1.95. The highest BCUT2D eigenvalue weighted by molar-refractivity contribution is 7.99. The van der Waals surface area contributed by atoms with Crippen molar-refractivity contribution in [2.24, 2.45) is 0 Å². The molecule has 0 saturated heterocycles. The number of hydrogen-bond donors (Lipinski definition) is 0. The maximum Gasteiger partial charge on any atom is 0.175 e. The van der Waals surface area contributed by atoms with Gasteiger partial charge in [0, 0.05) is 16.0 Å². The zero-order valence-electron chi connectivity index (χ0n) is 12.6. The standard InChI is InChI=1S/C19H16O2S2/c1-23(20,21)17-13-11-16(12-14-17)22-19-10-6-5-9-18(19)15-7-3-2-4-8-15/h2-14H,1H3. The van der Waals surface area contributed by atoms with Gasteiger partial charge in [-0.1, -0.05) is 60.3 Å². The maximum absolute atomic E-state index is 11.5. The van der Waals surface area contributed by atoms with Crippen LogP contribution in [0.2, 0.25) is 0 Å². The summed E-state index contributed by atoms with van der Waals surface area (Å²) in [5.41, 5.74) is 2.34. The summed E-state index contributed by atoms with van der Waals surface area (Å²) >= 11 is 1.63. The van der Waals surface area contributed by atoms with Gasteiger partial charge in [0.15, 0.2) is 9.84 Å². The van der Waals surface area contributed by atoms with Gasteiger partial charge in [-0.2, -0.15) is 0 Å². The fourth-order valence-corrected chi connectivity index (χ4v) is 3.89. The molecule has 0 fully saturated rings. The summed E-state index contributed by atoms with van der Waals surface area (Å²) in [5.74, 6) is 0. The van der Waals surface area contributed by atoms with Crippen LogP contribution in [0.1, 0.15) is 0 Å². The van der Waals surface area contributed by atoms with Crippen LogP contribution < -0.4 is 0 Å². The fraction of sp³-hybridized carbons (Fsp3) is 0.0526. The Labute approximate surface area is 141 Å². The van der Waals surface area contributed by atoms with Gasteiger partial charge in [-0.25, -0.2) is 8.42 Å². The van der Waals surface area contributed by atoms with Gasteiger partial charge in [0.05, 0.1) is 4.90 Å². The molecule has 4 heteroatoms. The third kappa shape index (κ3) is 3.84. The van der Waals surface area contributed by atoms with Crippen molar-refractivity contribution in [3.63, 3.8) is 0 Å². The molecule has 0 N–H and O–H groups in total. The molecule has 0 bridgehead atoms. The van der Waals surface area contributed by atoms with Gasteiger partial charge < -0.3 is 0 Å². The first kappa shape index (κ1) is 15.8. The second-order valence-corrected chi connectivity index (χ2v) is 8.34. The van der Waals surface area contributed by atoms with Gasteiger partial charge in [0.25, 0.3) is 0 Å². The summed E-state index contributed by atoms with van der Waals surface area (Å²) < 4.78 is 23.1. The predicted molar refractivity (Wildman–Crippen MR) is 95.6 cm³/mol. The van der Waals surface area contributed by atoms with E-state index in [0.717, 1.165) is 9.79 Å². The molecule has 3 rings (SSSR count). The molecule has 0 unspecified atom stereocenters. The first-order chi connectivity index (χ1) is 11.0.